The summed E-state index contributed by atoms with van der Waals surface area (Å²) in [6, 6.07) is 14.5. The Morgan fingerprint density at radius 3 is 2.36 bits per heavy atom. The lowest BCUT2D eigenvalue weighted by atomic mass is 10.00. The molecule has 0 atom stereocenters. The number of carbonyl (C=O) groups excluding carboxylic acids is 1. The number of aryl methyl sites for hydroxylation is 1. The highest BCUT2D eigenvalue weighted by Gasteiger charge is 2.36. The quantitative estimate of drug-likeness (QED) is 0.294. The number of hydrogen-bond donors (Lipinski definition) is 0. The van der Waals surface area contributed by atoms with Crippen molar-refractivity contribution in [3.63, 3.8) is 0 Å². The summed E-state index contributed by atoms with van der Waals surface area (Å²) in [7, 11) is 0. The van der Waals surface area contributed by atoms with Crippen molar-refractivity contribution in [1.29, 1.82) is 0 Å². The molecule has 4 nitrogen and oxygen atoms in total. The lowest BCUT2D eigenvalue weighted by Crippen LogP contribution is -2.51. The van der Waals surface area contributed by atoms with Crippen molar-refractivity contribution < 1.29 is 4.79 Å². The van der Waals surface area contributed by atoms with E-state index in [9.17, 15) is 4.79 Å². The van der Waals surface area contributed by atoms with Crippen molar-refractivity contribution in [3.8, 4) is 16.9 Å². The Balaban J connectivity index is 1.61. The SMILES string of the molecule is CCCCCc1ccc(-c2c(C)c3c(n2-c2ccc(Cl)cc2Cl)CCN(N2CCCCC2)C3=O)cc1. The molecule has 0 N–H and O–H groups in total. The fourth-order valence-electron chi connectivity index (χ4n) is 5.78. The molecule has 3 heterocycles. The van der Waals surface area contributed by atoms with E-state index < -0.39 is 0 Å². The topological polar surface area (TPSA) is 28.5 Å². The third-order valence-corrected chi connectivity index (χ3v) is 8.18. The number of rotatable bonds is 7. The lowest BCUT2D eigenvalue weighted by molar-refractivity contribution is -0.0237. The Bertz CT molecular complexity index is 1240. The maximum atomic E-state index is 13.9. The van der Waals surface area contributed by atoms with Gasteiger partial charge in [-0.05, 0) is 67.5 Å². The first kappa shape index (κ1) is 25.4. The van der Waals surface area contributed by atoms with Gasteiger partial charge in [-0.1, -0.05) is 73.7 Å². The van der Waals surface area contributed by atoms with Crippen LogP contribution in [0.5, 0.6) is 0 Å². The number of halogens is 2. The molecule has 0 aliphatic carbocycles. The fraction of sp³-hybridized carbons (Fsp3) is 0.433. The van der Waals surface area contributed by atoms with E-state index in [1.807, 2.05) is 17.1 Å². The van der Waals surface area contributed by atoms with E-state index in [0.29, 0.717) is 16.6 Å². The summed E-state index contributed by atoms with van der Waals surface area (Å²) in [5.41, 5.74) is 7.23. The van der Waals surface area contributed by atoms with E-state index in [1.54, 1.807) is 6.07 Å². The number of hydrogen-bond acceptors (Lipinski definition) is 2. The highest BCUT2D eigenvalue weighted by Crippen LogP contribution is 2.40. The molecule has 0 saturated carbocycles. The first-order valence-electron chi connectivity index (χ1n) is 13.3. The van der Waals surface area contributed by atoms with Crippen molar-refractivity contribution in [2.75, 3.05) is 19.6 Å². The van der Waals surface area contributed by atoms with Gasteiger partial charge in [0, 0.05) is 36.8 Å². The molecule has 1 fully saturated rings. The number of fused-ring (bicyclic) bond motifs is 1. The Morgan fingerprint density at radius 2 is 1.67 bits per heavy atom. The minimum atomic E-state index is 0.108. The van der Waals surface area contributed by atoms with Crippen LogP contribution >= 0.6 is 23.2 Å². The summed E-state index contributed by atoms with van der Waals surface area (Å²) < 4.78 is 2.21. The van der Waals surface area contributed by atoms with Crippen LogP contribution in [-0.2, 0) is 12.8 Å². The van der Waals surface area contributed by atoms with Crippen LogP contribution in [0, 0.1) is 6.92 Å². The summed E-state index contributed by atoms with van der Waals surface area (Å²) >= 11 is 13.0. The number of unbranched alkanes of at least 4 members (excludes halogenated alkanes) is 2. The zero-order valence-corrected chi connectivity index (χ0v) is 22.8. The molecule has 1 amide bonds. The van der Waals surface area contributed by atoms with Gasteiger partial charge in [-0.2, -0.15) is 0 Å². The van der Waals surface area contributed by atoms with Crippen molar-refractivity contribution >= 4 is 29.1 Å². The van der Waals surface area contributed by atoms with Crippen LogP contribution in [0.1, 0.15) is 72.6 Å². The maximum absolute atomic E-state index is 13.9. The van der Waals surface area contributed by atoms with Gasteiger partial charge in [-0.3, -0.25) is 9.80 Å². The zero-order chi connectivity index (χ0) is 25.2. The van der Waals surface area contributed by atoms with Crippen molar-refractivity contribution in [2.24, 2.45) is 0 Å². The molecule has 0 radical (unpaired) electrons. The van der Waals surface area contributed by atoms with Crippen LogP contribution in [0.2, 0.25) is 10.0 Å². The zero-order valence-electron chi connectivity index (χ0n) is 21.3. The van der Waals surface area contributed by atoms with Crippen LogP contribution < -0.4 is 0 Å². The number of piperidine rings is 1. The summed E-state index contributed by atoms with van der Waals surface area (Å²) in [6.45, 7) is 6.92. The summed E-state index contributed by atoms with van der Waals surface area (Å²) in [5.74, 6) is 0.108. The third kappa shape index (κ3) is 4.83. The Labute approximate surface area is 224 Å². The van der Waals surface area contributed by atoms with E-state index in [-0.39, 0.29) is 5.91 Å². The second-order valence-electron chi connectivity index (χ2n) is 10.1. The van der Waals surface area contributed by atoms with Gasteiger partial charge in [-0.15, -0.1) is 0 Å². The van der Waals surface area contributed by atoms with Gasteiger partial charge < -0.3 is 4.57 Å². The highest BCUT2D eigenvalue weighted by atomic mass is 35.5. The summed E-state index contributed by atoms with van der Waals surface area (Å²) in [4.78, 5) is 13.9. The van der Waals surface area contributed by atoms with Crippen LogP contribution in [0.4, 0.5) is 0 Å². The highest BCUT2D eigenvalue weighted by molar-refractivity contribution is 6.35. The van der Waals surface area contributed by atoms with E-state index >= 15 is 0 Å². The molecule has 0 spiro atoms. The monoisotopic (exact) mass is 523 g/mol. The van der Waals surface area contributed by atoms with Gasteiger partial charge in [0.25, 0.3) is 5.91 Å². The molecule has 190 valence electrons. The molecule has 0 unspecified atom stereocenters. The van der Waals surface area contributed by atoms with Crippen molar-refractivity contribution in [3.05, 3.63) is 74.9 Å². The number of amides is 1. The van der Waals surface area contributed by atoms with Gasteiger partial charge >= 0.3 is 0 Å². The van der Waals surface area contributed by atoms with Gasteiger partial charge in [-0.25, -0.2) is 5.01 Å². The van der Waals surface area contributed by atoms with E-state index in [4.69, 9.17) is 23.2 Å². The summed E-state index contributed by atoms with van der Waals surface area (Å²) in [6.07, 6.45) is 9.10. The molecular formula is C30H35Cl2N3O. The van der Waals surface area contributed by atoms with Crippen molar-refractivity contribution in [2.45, 2.75) is 65.2 Å². The molecule has 5 rings (SSSR count). The van der Waals surface area contributed by atoms with E-state index in [2.05, 4.69) is 47.7 Å². The number of carbonyl (C=O) groups is 1. The second-order valence-corrected chi connectivity index (χ2v) is 10.9. The van der Waals surface area contributed by atoms with Crippen LogP contribution in [0.15, 0.2) is 42.5 Å². The molecule has 36 heavy (non-hydrogen) atoms. The average Bonchev–Trinajstić information content (AvgIpc) is 3.18. The van der Waals surface area contributed by atoms with Crippen LogP contribution in [0.3, 0.4) is 0 Å². The Morgan fingerprint density at radius 1 is 0.917 bits per heavy atom. The number of hydrazine groups is 1. The second kappa shape index (κ2) is 11.0. The fourth-order valence-corrected chi connectivity index (χ4v) is 6.28. The van der Waals surface area contributed by atoms with Crippen LogP contribution in [-0.4, -0.2) is 40.1 Å². The average molecular weight is 525 g/mol. The molecule has 1 saturated heterocycles. The minimum Gasteiger partial charge on any atom is -0.311 e. The minimum absolute atomic E-state index is 0.108. The number of aromatic nitrogens is 1. The number of benzene rings is 2. The first-order valence-corrected chi connectivity index (χ1v) is 14.1. The predicted octanol–water partition coefficient (Wildman–Crippen LogP) is 7.89. The molecular weight excluding hydrogens is 489 g/mol. The maximum Gasteiger partial charge on any atom is 0.270 e. The standard InChI is InChI=1S/C30H35Cl2N3O/c1-3-4-6-9-22-10-12-23(13-11-22)29-21(2)28-27(35(29)26-15-14-24(31)20-25(26)32)16-19-34(30(28)36)33-17-7-5-8-18-33/h10-15,20H,3-9,16-19H2,1-2H3. The molecule has 2 aromatic carbocycles. The van der Waals surface area contributed by atoms with Crippen molar-refractivity contribution in [1.82, 2.24) is 14.6 Å². The molecule has 0 bridgehead atoms. The van der Waals surface area contributed by atoms with Crippen LogP contribution in [0.25, 0.3) is 16.9 Å². The normalized spacial score (nSPS) is 16.4. The Kier molecular flexibility index (Phi) is 7.76. The molecule has 2 aliphatic heterocycles. The molecule has 6 heteroatoms. The van der Waals surface area contributed by atoms with Gasteiger partial charge in [0.2, 0.25) is 0 Å². The van der Waals surface area contributed by atoms with Gasteiger partial charge in [0.05, 0.1) is 22.0 Å². The van der Waals surface area contributed by atoms with Gasteiger partial charge in [0.15, 0.2) is 0 Å². The largest absolute Gasteiger partial charge is 0.311 e. The number of nitrogens with zero attached hydrogens (tertiary/aromatic N) is 3. The predicted molar refractivity (Wildman–Crippen MR) is 149 cm³/mol. The van der Waals surface area contributed by atoms with E-state index in [1.165, 1.54) is 31.2 Å². The first-order chi connectivity index (χ1) is 17.5. The smallest absolute Gasteiger partial charge is 0.270 e. The Hall–Kier alpha value is -2.27. The molecule has 2 aliphatic rings. The molecule has 3 aromatic rings. The lowest BCUT2D eigenvalue weighted by Gasteiger charge is -2.39. The van der Waals surface area contributed by atoms with Gasteiger partial charge in [0.1, 0.15) is 0 Å². The third-order valence-electron chi connectivity index (χ3n) is 7.64. The molecule has 1 aromatic heterocycles. The summed E-state index contributed by atoms with van der Waals surface area (Å²) in [5, 5.41) is 5.43. The van der Waals surface area contributed by atoms with E-state index in [0.717, 1.165) is 72.5 Å².